The summed E-state index contributed by atoms with van der Waals surface area (Å²) in [6.07, 6.45) is 1.66. The number of hydrazone groups is 1. The van der Waals surface area contributed by atoms with Gasteiger partial charge in [-0.2, -0.15) is 10.1 Å². The standard InChI is InChI=1S/C35H26FN3O2/c1-20-28(23-8-6-7-13-29(23)38(20)19-21-14-16-22(36)17-15-21)18-37-39-34(40)32-30-24-9-2-3-10-25(24)31(33(32)35(39)41)27-12-5-4-11-26(27)30/h2-18,30-33H,19H2,1H3/b37-18-/t30?,31?,32-,33+. The van der Waals surface area contributed by atoms with E-state index in [1.54, 1.807) is 18.3 Å². The molecule has 41 heavy (non-hydrogen) atoms. The van der Waals surface area contributed by atoms with Crippen molar-refractivity contribution in [1.82, 2.24) is 9.58 Å². The van der Waals surface area contributed by atoms with E-state index < -0.39 is 11.8 Å². The fourth-order valence-electron chi connectivity index (χ4n) is 7.49. The Morgan fingerprint density at radius 2 is 1.24 bits per heavy atom. The lowest BCUT2D eigenvalue weighted by molar-refractivity contribution is -0.139. The Morgan fingerprint density at radius 3 is 1.80 bits per heavy atom. The Bertz CT molecular complexity index is 1810. The summed E-state index contributed by atoms with van der Waals surface area (Å²) in [6.45, 7) is 2.57. The smallest absolute Gasteiger partial charge is 0.254 e. The number of imide groups is 1. The molecule has 1 aromatic heterocycles. The lowest BCUT2D eigenvalue weighted by Crippen LogP contribution is -2.41. The molecule has 6 heteroatoms. The molecule has 3 aliphatic carbocycles. The van der Waals surface area contributed by atoms with Crippen molar-refractivity contribution in [3.63, 3.8) is 0 Å². The maximum absolute atomic E-state index is 14.0. The van der Waals surface area contributed by atoms with Crippen molar-refractivity contribution in [2.24, 2.45) is 16.9 Å². The molecule has 200 valence electrons. The zero-order valence-electron chi connectivity index (χ0n) is 22.4. The van der Waals surface area contributed by atoms with Gasteiger partial charge in [-0.15, -0.1) is 0 Å². The molecule has 5 aromatic rings. The summed E-state index contributed by atoms with van der Waals surface area (Å²) in [5.74, 6) is -1.98. The van der Waals surface area contributed by atoms with E-state index in [4.69, 9.17) is 0 Å². The average Bonchev–Trinajstić information content (AvgIpc) is 3.42. The van der Waals surface area contributed by atoms with Crippen molar-refractivity contribution < 1.29 is 14.0 Å². The van der Waals surface area contributed by atoms with Crippen LogP contribution in [0, 0.1) is 24.6 Å². The molecule has 1 fully saturated rings. The highest BCUT2D eigenvalue weighted by Crippen LogP contribution is 2.61. The van der Waals surface area contributed by atoms with Crippen LogP contribution in [0.1, 0.15) is 50.9 Å². The number of amides is 2. The molecule has 0 saturated carbocycles. The van der Waals surface area contributed by atoms with E-state index in [-0.39, 0.29) is 29.5 Å². The second-order valence-electron chi connectivity index (χ2n) is 11.2. The Balaban J connectivity index is 1.19. The van der Waals surface area contributed by atoms with Crippen molar-refractivity contribution in [2.45, 2.75) is 25.3 Å². The first-order valence-electron chi connectivity index (χ1n) is 13.9. The molecule has 0 unspecified atom stereocenters. The number of fused-ring (bicyclic) bond motifs is 1. The predicted octanol–water partition coefficient (Wildman–Crippen LogP) is 6.36. The highest BCUT2D eigenvalue weighted by atomic mass is 19.1. The van der Waals surface area contributed by atoms with Gasteiger partial charge in [-0.25, -0.2) is 4.39 Å². The van der Waals surface area contributed by atoms with Gasteiger partial charge in [0.05, 0.1) is 18.1 Å². The number of para-hydroxylation sites is 1. The summed E-state index contributed by atoms with van der Waals surface area (Å²) in [5.41, 5.74) is 8.36. The summed E-state index contributed by atoms with van der Waals surface area (Å²) in [4.78, 5) is 27.9. The molecule has 4 aliphatic rings. The minimum Gasteiger partial charge on any atom is -0.340 e. The third-order valence-electron chi connectivity index (χ3n) is 9.26. The van der Waals surface area contributed by atoms with Crippen LogP contribution < -0.4 is 0 Å². The molecule has 2 amide bonds. The molecule has 1 aliphatic heterocycles. The van der Waals surface area contributed by atoms with Gasteiger partial charge in [-0.3, -0.25) is 9.59 Å². The zero-order chi connectivity index (χ0) is 27.8. The van der Waals surface area contributed by atoms with Crippen molar-refractivity contribution >= 4 is 28.9 Å². The van der Waals surface area contributed by atoms with Crippen molar-refractivity contribution in [2.75, 3.05) is 0 Å². The Morgan fingerprint density at radius 1 is 0.732 bits per heavy atom. The molecule has 2 heterocycles. The van der Waals surface area contributed by atoms with Crippen LogP contribution in [0.25, 0.3) is 10.9 Å². The highest BCUT2D eigenvalue weighted by molar-refractivity contribution is 6.09. The van der Waals surface area contributed by atoms with Gasteiger partial charge in [0, 0.05) is 40.5 Å². The average molecular weight is 540 g/mol. The summed E-state index contributed by atoms with van der Waals surface area (Å²) >= 11 is 0. The number of carbonyl (C=O) groups is 2. The lowest BCUT2D eigenvalue weighted by atomic mass is 9.55. The van der Waals surface area contributed by atoms with Gasteiger partial charge in [0.2, 0.25) is 0 Å². The summed E-state index contributed by atoms with van der Waals surface area (Å²) < 4.78 is 15.7. The fourth-order valence-corrected chi connectivity index (χ4v) is 7.49. The van der Waals surface area contributed by atoms with Crippen LogP contribution in [0.5, 0.6) is 0 Å². The molecule has 0 radical (unpaired) electrons. The zero-order valence-corrected chi connectivity index (χ0v) is 22.4. The van der Waals surface area contributed by atoms with E-state index in [0.717, 1.165) is 55.0 Å². The molecular weight excluding hydrogens is 513 g/mol. The topological polar surface area (TPSA) is 54.7 Å². The molecule has 2 atom stereocenters. The van der Waals surface area contributed by atoms with Crippen molar-refractivity contribution in [3.8, 4) is 0 Å². The van der Waals surface area contributed by atoms with Gasteiger partial charge in [-0.05, 0) is 52.9 Å². The third kappa shape index (κ3) is 3.37. The van der Waals surface area contributed by atoms with Crippen LogP contribution in [0.4, 0.5) is 4.39 Å². The molecule has 1 saturated heterocycles. The van der Waals surface area contributed by atoms with Crippen LogP contribution in [0.2, 0.25) is 0 Å². The van der Waals surface area contributed by atoms with E-state index in [1.165, 1.54) is 12.1 Å². The van der Waals surface area contributed by atoms with Crippen molar-refractivity contribution in [1.29, 1.82) is 0 Å². The Kier molecular flexibility index (Phi) is 5.17. The number of nitrogens with zero attached hydrogens (tertiary/aromatic N) is 3. The SMILES string of the molecule is Cc1c(/C=N\N2C(=O)[C@@H]3C4c5ccccc5C(c5ccccc54)[C@@H]3C2=O)c2ccccc2n1Cc1ccc(F)cc1. The van der Waals surface area contributed by atoms with Gasteiger partial charge in [0.15, 0.2) is 0 Å². The fraction of sp³-hybridized carbons (Fsp3) is 0.171. The van der Waals surface area contributed by atoms with E-state index in [9.17, 15) is 14.0 Å². The maximum Gasteiger partial charge on any atom is 0.254 e. The first-order valence-corrected chi connectivity index (χ1v) is 13.9. The monoisotopic (exact) mass is 539 g/mol. The molecular formula is C35H26FN3O2. The largest absolute Gasteiger partial charge is 0.340 e. The second kappa shape index (κ2) is 8.83. The number of benzene rings is 4. The van der Waals surface area contributed by atoms with Gasteiger partial charge < -0.3 is 4.57 Å². The van der Waals surface area contributed by atoms with Crippen LogP contribution in [0.15, 0.2) is 102 Å². The van der Waals surface area contributed by atoms with Crippen molar-refractivity contribution in [3.05, 3.63) is 142 Å². The maximum atomic E-state index is 14.0. The van der Waals surface area contributed by atoms with Gasteiger partial charge in [0.1, 0.15) is 5.82 Å². The van der Waals surface area contributed by atoms with Gasteiger partial charge in [-0.1, -0.05) is 78.9 Å². The number of hydrogen-bond acceptors (Lipinski definition) is 3. The summed E-state index contributed by atoms with van der Waals surface area (Å²) in [5, 5.41) is 6.69. The van der Waals surface area contributed by atoms with Crippen LogP contribution in [-0.4, -0.2) is 27.6 Å². The summed E-state index contributed by atoms with van der Waals surface area (Å²) in [6, 6.07) is 30.9. The molecule has 0 spiro atoms. The number of carbonyl (C=O) groups excluding carboxylic acids is 2. The molecule has 2 bridgehead atoms. The molecule has 9 rings (SSSR count). The van der Waals surface area contributed by atoms with E-state index in [2.05, 4.69) is 33.9 Å². The highest BCUT2D eigenvalue weighted by Gasteiger charge is 2.61. The minimum absolute atomic E-state index is 0.159. The van der Waals surface area contributed by atoms with Gasteiger partial charge in [0.25, 0.3) is 11.8 Å². The molecule has 4 aromatic carbocycles. The van der Waals surface area contributed by atoms with E-state index in [0.29, 0.717) is 6.54 Å². The number of halogens is 1. The van der Waals surface area contributed by atoms with Crippen LogP contribution >= 0.6 is 0 Å². The quantitative estimate of drug-likeness (QED) is 0.197. The Hall–Kier alpha value is -4.84. The number of rotatable bonds is 4. The lowest BCUT2D eigenvalue weighted by Gasteiger charge is -2.45. The Labute approximate surface area is 236 Å². The van der Waals surface area contributed by atoms with E-state index >= 15 is 0 Å². The van der Waals surface area contributed by atoms with Crippen LogP contribution in [0.3, 0.4) is 0 Å². The number of aromatic nitrogens is 1. The molecule has 5 nitrogen and oxygen atoms in total. The first kappa shape index (κ1) is 24.0. The van der Waals surface area contributed by atoms with Gasteiger partial charge >= 0.3 is 0 Å². The molecule has 0 N–H and O–H groups in total. The second-order valence-corrected chi connectivity index (χ2v) is 11.2. The number of hydrogen-bond donors (Lipinski definition) is 0. The van der Waals surface area contributed by atoms with E-state index in [1.807, 2.05) is 55.5 Å². The first-order chi connectivity index (χ1) is 20.0. The van der Waals surface area contributed by atoms with Crippen LogP contribution in [-0.2, 0) is 16.1 Å². The minimum atomic E-state index is -0.463. The normalized spacial score (nSPS) is 22.4. The third-order valence-corrected chi connectivity index (χ3v) is 9.26. The summed E-state index contributed by atoms with van der Waals surface area (Å²) in [7, 11) is 0. The predicted molar refractivity (Wildman–Crippen MR) is 155 cm³/mol.